The number of rotatable bonds is 10. The fraction of sp³-hybridized carbons (Fsp3) is 0.208. The average Bonchev–Trinajstić information content (AvgIpc) is 3.21. The van der Waals surface area contributed by atoms with Gasteiger partial charge >= 0.3 is 12.1 Å². The van der Waals surface area contributed by atoms with Gasteiger partial charge in [-0.3, -0.25) is 0 Å². The number of phenols is 2. The highest BCUT2D eigenvalue weighted by atomic mass is 16.5. The molecule has 0 unspecified atom stereocenters. The first-order valence-electron chi connectivity index (χ1n) is 19.7. The van der Waals surface area contributed by atoms with E-state index in [9.17, 15) is 19.8 Å². The smallest absolute Gasteiger partial charge is 0.323 e. The minimum Gasteiger partial charge on any atom is -0.507 e. The first-order chi connectivity index (χ1) is 28.3. The molecule has 6 aromatic rings. The third-order valence-electron chi connectivity index (χ3n) is 9.90. The highest BCUT2D eigenvalue weighted by Gasteiger charge is 2.22. The van der Waals surface area contributed by atoms with E-state index in [2.05, 4.69) is 21.3 Å². The molecule has 6 N–H and O–H groups in total. The van der Waals surface area contributed by atoms with Crippen LogP contribution in [-0.2, 0) is 25.7 Å². The Hall–Kier alpha value is -6.94. The molecule has 1 aliphatic carbocycles. The van der Waals surface area contributed by atoms with Crippen molar-refractivity contribution in [2.24, 2.45) is 0 Å². The van der Waals surface area contributed by atoms with Gasteiger partial charge in [0.2, 0.25) is 0 Å². The molecular weight excluding hydrogens is 729 g/mol. The van der Waals surface area contributed by atoms with Crippen LogP contribution in [0.3, 0.4) is 0 Å². The molecule has 0 atom stereocenters. The maximum atomic E-state index is 13.3. The number of hydrogen-bond acceptors (Lipinski definition) is 6. The molecule has 6 aromatic carbocycles. The van der Waals surface area contributed by atoms with Crippen LogP contribution in [0.15, 0.2) is 121 Å². The fourth-order valence-electron chi connectivity index (χ4n) is 7.27. The zero-order chi connectivity index (χ0) is 40.4. The number of ether oxygens (including phenoxy) is 2. The minimum absolute atomic E-state index is 0.118. The zero-order valence-corrected chi connectivity index (χ0v) is 32.7. The Labute approximate surface area is 338 Å². The van der Waals surface area contributed by atoms with Gasteiger partial charge in [-0.2, -0.15) is 0 Å². The summed E-state index contributed by atoms with van der Waals surface area (Å²) in [5.74, 6) is 1.54. The summed E-state index contributed by atoms with van der Waals surface area (Å²) >= 11 is 0. The minimum atomic E-state index is -0.411. The third kappa shape index (κ3) is 9.53. The van der Waals surface area contributed by atoms with E-state index < -0.39 is 12.1 Å². The average molecular weight is 777 g/mol. The van der Waals surface area contributed by atoms with Crippen molar-refractivity contribution in [2.75, 3.05) is 34.5 Å². The van der Waals surface area contributed by atoms with Crippen molar-refractivity contribution in [3.05, 3.63) is 166 Å². The van der Waals surface area contributed by atoms with Crippen molar-refractivity contribution < 1.29 is 29.3 Å². The Morgan fingerprint density at radius 2 is 0.759 bits per heavy atom. The number of benzene rings is 6. The van der Waals surface area contributed by atoms with Crippen molar-refractivity contribution in [3.63, 3.8) is 0 Å². The molecule has 0 aromatic heterocycles. The number of urea groups is 2. The van der Waals surface area contributed by atoms with Gasteiger partial charge < -0.3 is 41.0 Å². The van der Waals surface area contributed by atoms with E-state index in [0.717, 1.165) is 35.1 Å². The van der Waals surface area contributed by atoms with Crippen molar-refractivity contribution in [2.45, 2.75) is 52.4 Å². The van der Waals surface area contributed by atoms with Crippen LogP contribution in [0, 0.1) is 0 Å². The zero-order valence-electron chi connectivity index (χ0n) is 32.7. The standard InChI is InChI=1S/C48H48N4O6/c1-3-21-57-45-31-13-11-14-32(45)24-36-28-42(52-48(56)50-40-19-9-6-10-20-40)30-38(44(36)54)26-34-16-12-15-33(46(34)58-22-4-2)25-37-29-41(27-35(23-31)43(37)53)51-47(55)49-39-17-7-5-8-18-39/h5-20,27-30,53-54H,3-4,21-26H2,1-2H3,(H2,49,51,55)(H2,50,52,56). The molecule has 296 valence electrons. The molecule has 8 bridgehead atoms. The van der Waals surface area contributed by atoms with Gasteiger partial charge in [-0.15, -0.1) is 0 Å². The third-order valence-corrected chi connectivity index (χ3v) is 9.90. The van der Waals surface area contributed by atoms with Gasteiger partial charge in [0, 0.05) is 70.7 Å². The van der Waals surface area contributed by atoms with E-state index in [1.165, 1.54) is 0 Å². The van der Waals surface area contributed by atoms with E-state index in [1.807, 2.05) is 111 Å². The number of fused-ring (bicyclic) bond motifs is 8. The maximum Gasteiger partial charge on any atom is 0.323 e. The van der Waals surface area contributed by atoms with Crippen LogP contribution < -0.4 is 30.7 Å². The lowest BCUT2D eigenvalue weighted by molar-refractivity contribution is 0.261. The Balaban J connectivity index is 1.35. The van der Waals surface area contributed by atoms with Crippen LogP contribution in [0.25, 0.3) is 0 Å². The van der Waals surface area contributed by atoms with Crippen molar-refractivity contribution in [1.82, 2.24) is 0 Å². The molecule has 4 amide bonds. The molecule has 0 saturated carbocycles. The topological polar surface area (TPSA) is 141 Å². The quantitative estimate of drug-likeness (QED) is 0.0764. The molecule has 1 aliphatic rings. The first-order valence-corrected chi connectivity index (χ1v) is 19.7. The fourth-order valence-corrected chi connectivity index (χ4v) is 7.27. The summed E-state index contributed by atoms with van der Waals surface area (Å²) < 4.78 is 12.9. The molecule has 58 heavy (non-hydrogen) atoms. The number of nitrogens with one attached hydrogen (secondary N) is 4. The Morgan fingerprint density at radius 1 is 0.448 bits per heavy atom. The molecular formula is C48H48N4O6. The van der Waals surface area contributed by atoms with E-state index in [1.54, 1.807) is 24.3 Å². The number of anilines is 4. The predicted octanol–water partition coefficient (Wildman–Crippen LogP) is 10.6. The van der Waals surface area contributed by atoms with Crippen LogP contribution in [0.5, 0.6) is 23.0 Å². The molecule has 0 fully saturated rings. The maximum absolute atomic E-state index is 13.3. The number of para-hydroxylation sites is 4. The van der Waals surface area contributed by atoms with Crippen LogP contribution in [0.2, 0.25) is 0 Å². The SMILES string of the molecule is CCCOc1c2cccc1Cc1cc(NC(=O)Nc3ccccc3)cc(c1O)Cc1cccc(c1OCCC)Cc1cc(NC(=O)Nc3ccccc3)cc(c1O)C2. The summed E-state index contributed by atoms with van der Waals surface area (Å²) in [6.07, 6.45) is 2.70. The number of aromatic hydroxyl groups is 2. The summed E-state index contributed by atoms with van der Waals surface area (Å²) in [5, 5.41) is 35.7. The number of amides is 4. The Kier molecular flexibility index (Phi) is 12.4. The normalized spacial score (nSPS) is 11.9. The lowest BCUT2D eigenvalue weighted by atomic mass is 9.91. The molecule has 0 heterocycles. The monoisotopic (exact) mass is 776 g/mol. The second kappa shape index (κ2) is 18.3. The van der Waals surface area contributed by atoms with Gasteiger partial charge in [0.1, 0.15) is 23.0 Å². The number of carbonyl (C=O) groups excluding carboxylic acids is 2. The first kappa shape index (κ1) is 39.3. The van der Waals surface area contributed by atoms with Gasteiger partial charge in [0.25, 0.3) is 0 Å². The van der Waals surface area contributed by atoms with E-state index in [0.29, 0.717) is 95.4 Å². The number of hydrogen-bond donors (Lipinski definition) is 6. The van der Waals surface area contributed by atoms with Gasteiger partial charge in [-0.1, -0.05) is 86.6 Å². The second-order valence-corrected chi connectivity index (χ2v) is 14.4. The highest BCUT2D eigenvalue weighted by molar-refractivity contribution is 6.00. The van der Waals surface area contributed by atoms with Gasteiger partial charge in [-0.05, 0) is 83.6 Å². The lowest BCUT2D eigenvalue weighted by Crippen LogP contribution is -2.19. The van der Waals surface area contributed by atoms with Crippen LogP contribution in [0.4, 0.5) is 32.3 Å². The van der Waals surface area contributed by atoms with Crippen molar-refractivity contribution in [1.29, 1.82) is 0 Å². The Morgan fingerprint density at radius 3 is 1.07 bits per heavy atom. The van der Waals surface area contributed by atoms with Crippen molar-refractivity contribution >= 4 is 34.8 Å². The number of carbonyl (C=O) groups is 2. The largest absolute Gasteiger partial charge is 0.507 e. The van der Waals surface area contributed by atoms with E-state index >= 15 is 0 Å². The summed E-state index contributed by atoms with van der Waals surface area (Å²) in [5.41, 5.74) is 8.07. The van der Waals surface area contributed by atoms with Gasteiger partial charge in [0.05, 0.1) is 13.2 Å². The molecule has 0 saturated heterocycles. The molecule has 7 rings (SSSR count). The van der Waals surface area contributed by atoms with E-state index in [-0.39, 0.29) is 11.5 Å². The lowest BCUT2D eigenvalue weighted by Gasteiger charge is -2.21. The number of phenolic OH excluding ortho intramolecular Hbond substituents is 2. The van der Waals surface area contributed by atoms with Gasteiger partial charge in [-0.25, -0.2) is 9.59 Å². The molecule has 0 radical (unpaired) electrons. The van der Waals surface area contributed by atoms with Crippen LogP contribution >= 0.6 is 0 Å². The summed E-state index contributed by atoms with van der Waals surface area (Å²) in [6, 6.07) is 36.5. The van der Waals surface area contributed by atoms with Crippen LogP contribution in [0.1, 0.15) is 71.2 Å². The van der Waals surface area contributed by atoms with E-state index in [4.69, 9.17) is 9.47 Å². The second-order valence-electron chi connectivity index (χ2n) is 14.4. The summed E-state index contributed by atoms with van der Waals surface area (Å²) in [7, 11) is 0. The Bertz CT molecular complexity index is 2140. The highest BCUT2D eigenvalue weighted by Crippen LogP contribution is 2.40. The summed E-state index contributed by atoms with van der Waals surface area (Å²) in [4.78, 5) is 26.5. The molecule has 0 aliphatic heterocycles. The molecule has 10 nitrogen and oxygen atoms in total. The van der Waals surface area contributed by atoms with Crippen molar-refractivity contribution in [3.8, 4) is 23.0 Å². The predicted molar refractivity (Wildman–Crippen MR) is 230 cm³/mol. The van der Waals surface area contributed by atoms with Gasteiger partial charge in [0.15, 0.2) is 0 Å². The molecule has 0 spiro atoms. The van der Waals surface area contributed by atoms with Crippen LogP contribution in [-0.4, -0.2) is 35.5 Å². The molecule has 10 heteroatoms. The summed E-state index contributed by atoms with van der Waals surface area (Å²) in [6.45, 7) is 4.98.